The molecule has 0 aliphatic rings. The number of nitrogens with zero attached hydrogens (tertiary/aromatic N) is 4. The number of imidazole rings is 1. The largest absolute Gasteiger partial charge is 0.497 e. The Hall–Kier alpha value is -4.70. The summed E-state index contributed by atoms with van der Waals surface area (Å²) in [6, 6.07) is 16.6. The fourth-order valence-electron chi connectivity index (χ4n) is 4.40. The zero-order chi connectivity index (χ0) is 28.7. The summed E-state index contributed by atoms with van der Waals surface area (Å²) < 4.78 is 25.1. The predicted molar refractivity (Wildman–Crippen MR) is 157 cm³/mol. The van der Waals surface area contributed by atoms with E-state index in [2.05, 4.69) is 15.1 Å². The van der Waals surface area contributed by atoms with Crippen LogP contribution >= 0.6 is 11.3 Å². The van der Waals surface area contributed by atoms with E-state index >= 15 is 0 Å². The highest BCUT2D eigenvalue weighted by Gasteiger charge is 2.19. The summed E-state index contributed by atoms with van der Waals surface area (Å²) in [5.41, 5.74) is 3.81. The summed E-state index contributed by atoms with van der Waals surface area (Å²) in [7, 11) is 1.62. The lowest BCUT2D eigenvalue weighted by atomic mass is 10.1. The number of hydrogen-bond donors (Lipinski definition) is 0. The molecule has 0 unspecified atom stereocenters. The molecule has 0 bridgehead atoms. The Bertz CT molecular complexity index is 1850. The van der Waals surface area contributed by atoms with E-state index in [9.17, 15) is 4.79 Å². The summed E-state index contributed by atoms with van der Waals surface area (Å²) in [5.74, 6) is 1.61. The van der Waals surface area contributed by atoms with Gasteiger partial charge in [-0.1, -0.05) is 23.5 Å². The van der Waals surface area contributed by atoms with Crippen LogP contribution < -0.4 is 9.47 Å². The van der Waals surface area contributed by atoms with E-state index in [0.717, 1.165) is 32.2 Å². The van der Waals surface area contributed by atoms with E-state index in [1.165, 1.54) is 11.3 Å². The molecule has 0 amide bonds. The predicted octanol–water partition coefficient (Wildman–Crippen LogP) is 7.12. The Morgan fingerprint density at radius 1 is 1.02 bits per heavy atom. The smallest absolute Gasteiger partial charge is 0.338 e. The van der Waals surface area contributed by atoms with Gasteiger partial charge < -0.3 is 18.6 Å². The second kappa shape index (κ2) is 10.4. The van der Waals surface area contributed by atoms with Gasteiger partial charge >= 0.3 is 5.97 Å². The first-order valence-corrected chi connectivity index (χ1v) is 13.8. The van der Waals surface area contributed by atoms with E-state index in [-0.39, 0.29) is 12.6 Å². The minimum Gasteiger partial charge on any atom is -0.497 e. The summed E-state index contributed by atoms with van der Waals surface area (Å²) in [6.07, 6.45) is 3.56. The van der Waals surface area contributed by atoms with Gasteiger partial charge in [0.05, 0.1) is 24.6 Å². The van der Waals surface area contributed by atoms with Gasteiger partial charge in [0.25, 0.3) is 0 Å². The molecular weight excluding hydrogens is 540 g/mol. The van der Waals surface area contributed by atoms with Crippen LogP contribution in [0.4, 0.5) is 0 Å². The molecular formula is C31H28N4O5S. The monoisotopic (exact) mass is 568 g/mol. The Morgan fingerprint density at radius 2 is 1.83 bits per heavy atom. The van der Waals surface area contributed by atoms with Crippen LogP contribution in [0.25, 0.3) is 38.6 Å². The SMILES string of the molecule is COc1cc(COc2ccnc(-c3ccc(C(=O)OC(C)(C)C)cc3)c2)c2cc(-c3cn4nc(C)sc4n3)oc2c1. The number of carbonyl (C=O) groups is 1. The molecule has 0 N–H and O–H groups in total. The van der Waals surface area contributed by atoms with Crippen molar-refractivity contribution in [1.29, 1.82) is 0 Å². The molecule has 9 nitrogen and oxygen atoms in total. The summed E-state index contributed by atoms with van der Waals surface area (Å²) in [6.45, 7) is 7.77. The number of rotatable bonds is 7. The Kier molecular flexibility index (Phi) is 6.70. The first-order valence-electron chi connectivity index (χ1n) is 13.0. The molecule has 2 aromatic carbocycles. The maximum Gasteiger partial charge on any atom is 0.338 e. The lowest BCUT2D eigenvalue weighted by Crippen LogP contribution is -2.23. The Morgan fingerprint density at radius 3 is 2.56 bits per heavy atom. The maximum absolute atomic E-state index is 12.4. The Labute approximate surface area is 240 Å². The highest BCUT2D eigenvalue weighted by Crippen LogP contribution is 2.34. The number of fused-ring (bicyclic) bond motifs is 2. The van der Waals surface area contributed by atoms with E-state index in [1.807, 2.05) is 76.4 Å². The molecule has 0 radical (unpaired) electrons. The summed E-state index contributed by atoms with van der Waals surface area (Å²) >= 11 is 1.53. The van der Waals surface area contributed by atoms with Crippen LogP contribution in [-0.2, 0) is 11.3 Å². The van der Waals surface area contributed by atoms with Gasteiger partial charge in [-0.25, -0.2) is 14.3 Å². The van der Waals surface area contributed by atoms with Crippen molar-refractivity contribution in [3.63, 3.8) is 0 Å². The normalized spacial score (nSPS) is 11.7. The first kappa shape index (κ1) is 26.5. The minimum atomic E-state index is -0.553. The van der Waals surface area contributed by atoms with Crippen LogP contribution in [0.3, 0.4) is 0 Å². The van der Waals surface area contributed by atoms with E-state index in [4.69, 9.17) is 18.6 Å². The molecule has 0 atom stereocenters. The van der Waals surface area contributed by atoms with Crippen LogP contribution in [0.2, 0.25) is 0 Å². The van der Waals surface area contributed by atoms with Gasteiger partial charge in [-0.3, -0.25) is 4.98 Å². The maximum atomic E-state index is 12.4. The van der Waals surface area contributed by atoms with Gasteiger partial charge in [0, 0.05) is 34.8 Å². The molecule has 0 aliphatic carbocycles. The van der Waals surface area contributed by atoms with Crippen LogP contribution in [0, 0.1) is 6.92 Å². The van der Waals surface area contributed by atoms with E-state index in [1.54, 1.807) is 30.0 Å². The number of aryl methyl sites for hydroxylation is 1. The van der Waals surface area contributed by atoms with Crippen molar-refractivity contribution in [2.24, 2.45) is 0 Å². The van der Waals surface area contributed by atoms with Crippen molar-refractivity contribution in [3.05, 3.63) is 83.1 Å². The third kappa shape index (κ3) is 5.64. The fourth-order valence-corrected chi connectivity index (χ4v) is 5.12. The fraction of sp³-hybridized carbons (Fsp3) is 0.226. The number of ether oxygens (including phenoxy) is 3. The van der Waals surface area contributed by atoms with E-state index < -0.39 is 5.60 Å². The standard InChI is InChI=1S/C31H28N4O5S/c1-18-34-35-16-26(33-30(35)41-18)28-15-24-21(12-23(37-5)14-27(24)39-28)17-38-22-10-11-32-25(13-22)19-6-8-20(9-7-19)29(36)40-31(2,3)4/h6-16H,17H2,1-5H3. The molecule has 6 rings (SSSR count). The second-order valence-electron chi connectivity index (χ2n) is 10.5. The topological polar surface area (TPSA) is 101 Å². The molecule has 208 valence electrons. The lowest BCUT2D eigenvalue weighted by molar-refractivity contribution is 0.00695. The van der Waals surface area contributed by atoms with Crippen LogP contribution in [0.15, 0.2) is 71.4 Å². The summed E-state index contributed by atoms with van der Waals surface area (Å²) in [4.78, 5) is 22.3. The summed E-state index contributed by atoms with van der Waals surface area (Å²) in [5, 5.41) is 6.30. The highest BCUT2D eigenvalue weighted by molar-refractivity contribution is 7.16. The number of furan rings is 1. The average Bonchev–Trinajstić information content (AvgIpc) is 3.63. The molecule has 0 fully saturated rings. The quantitative estimate of drug-likeness (QED) is 0.188. The van der Waals surface area contributed by atoms with Crippen molar-refractivity contribution in [3.8, 4) is 34.2 Å². The van der Waals surface area contributed by atoms with Gasteiger partial charge in [-0.05, 0) is 58.0 Å². The number of benzene rings is 2. The molecule has 0 saturated heterocycles. The molecule has 41 heavy (non-hydrogen) atoms. The third-order valence-electron chi connectivity index (χ3n) is 6.27. The van der Waals surface area contributed by atoms with Crippen molar-refractivity contribution < 1.29 is 23.4 Å². The Balaban J connectivity index is 1.23. The van der Waals surface area contributed by atoms with Crippen LogP contribution in [0.5, 0.6) is 11.5 Å². The molecule has 4 heterocycles. The molecule has 10 heteroatoms. The third-order valence-corrected chi connectivity index (χ3v) is 7.11. The molecule has 6 aromatic rings. The van der Waals surface area contributed by atoms with Gasteiger partial charge in [-0.15, -0.1) is 0 Å². The second-order valence-corrected chi connectivity index (χ2v) is 11.7. The molecule has 4 aromatic heterocycles. The van der Waals surface area contributed by atoms with Crippen molar-refractivity contribution in [2.75, 3.05) is 7.11 Å². The van der Waals surface area contributed by atoms with Crippen molar-refractivity contribution >= 4 is 33.2 Å². The zero-order valence-electron chi connectivity index (χ0n) is 23.3. The van der Waals surface area contributed by atoms with Gasteiger partial charge in [0.2, 0.25) is 4.96 Å². The zero-order valence-corrected chi connectivity index (χ0v) is 24.1. The molecule has 0 saturated carbocycles. The number of methoxy groups -OCH3 is 1. The van der Waals surface area contributed by atoms with Gasteiger partial charge in [0.1, 0.15) is 40.0 Å². The lowest BCUT2D eigenvalue weighted by Gasteiger charge is -2.19. The number of carbonyl (C=O) groups excluding carboxylic acids is 1. The number of pyridine rings is 1. The number of esters is 1. The molecule has 0 aliphatic heterocycles. The van der Waals surface area contributed by atoms with Crippen molar-refractivity contribution in [2.45, 2.75) is 39.9 Å². The van der Waals surface area contributed by atoms with Gasteiger partial charge in [-0.2, -0.15) is 5.10 Å². The van der Waals surface area contributed by atoms with Crippen molar-refractivity contribution in [1.82, 2.24) is 19.6 Å². The van der Waals surface area contributed by atoms with Gasteiger partial charge in [0.15, 0.2) is 5.76 Å². The number of aromatic nitrogens is 4. The van der Waals surface area contributed by atoms with Crippen LogP contribution in [-0.4, -0.2) is 38.3 Å². The highest BCUT2D eigenvalue weighted by atomic mass is 32.1. The first-order chi connectivity index (χ1) is 19.6. The number of hydrogen-bond acceptors (Lipinski definition) is 9. The van der Waals surface area contributed by atoms with Crippen LogP contribution in [0.1, 0.15) is 41.7 Å². The molecule has 0 spiro atoms. The van der Waals surface area contributed by atoms with E-state index in [0.29, 0.717) is 34.1 Å². The minimum absolute atomic E-state index is 0.284. The average molecular weight is 569 g/mol.